The lowest BCUT2D eigenvalue weighted by Gasteiger charge is -2.35. The molecule has 0 bridgehead atoms. The number of anilines is 2. The highest BCUT2D eigenvalue weighted by Crippen LogP contribution is 2.21. The van der Waals surface area contributed by atoms with E-state index in [1.165, 1.54) is 18.4 Å². The van der Waals surface area contributed by atoms with Crippen molar-refractivity contribution >= 4 is 11.8 Å². The van der Waals surface area contributed by atoms with E-state index in [4.69, 9.17) is 9.72 Å². The Morgan fingerprint density at radius 3 is 2.46 bits per heavy atom. The number of hydrogen-bond donors (Lipinski definition) is 0. The Hall–Kier alpha value is -2.41. The van der Waals surface area contributed by atoms with Crippen LogP contribution in [0, 0.1) is 0 Å². The van der Waals surface area contributed by atoms with Crippen LogP contribution in [-0.2, 0) is 6.54 Å². The fourth-order valence-corrected chi connectivity index (χ4v) is 3.64. The van der Waals surface area contributed by atoms with Crippen molar-refractivity contribution < 1.29 is 4.74 Å². The highest BCUT2D eigenvalue weighted by Gasteiger charge is 2.21. The molecule has 4 rings (SSSR count). The summed E-state index contributed by atoms with van der Waals surface area (Å²) < 4.78 is 5.21. The van der Waals surface area contributed by atoms with Crippen molar-refractivity contribution in [1.82, 2.24) is 19.9 Å². The summed E-state index contributed by atoms with van der Waals surface area (Å²) in [5.41, 5.74) is 1.23. The van der Waals surface area contributed by atoms with Gasteiger partial charge in [-0.2, -0.15) is 4.98 Å². The van der Waals surface area contributed by atoms with Gasteiger partial charge in [0.2, 0.25) is 11.8 Å². The lowest BCUT2D eigenvalue weighted by Crippen LogP contribution is -2.46. The molecule has 0 atom stereocenters. The molecular weight excluding hydrogens is 328 g/mol. The number of piperazine rings is 1. The fourth-order valence-electron chi connectivity index (χ4n) is 3.64. The first kappa shape index (κ1) is 17.0. The van der Waals surface area contributed by atoms with Crippen molar-refractivity contribution in [2.45, 2.75) is 19.4 Å². The van der Waals surface area contributed by atoms with E-state index < -0.39 is 0 Å². The Kier molecular flexibility index (Phi) is 5.15. The van der Waals surface area contributed by atoms with E-state index in [0.29, 0.717) is 5.88 Å². The van der Waals surface area contributed by atoms with Crippen molar-refractivity contribution in [2.24, 2.45) is 0 Å². The summed E-state index contributed by atoms with van der Waals surface area (Å²) in [7, 11) is 1.65. The van der Waals surface area contributed by atoms with Crippen LogP contribution < -0.4 is 14.5 Å². The van der Waals surface area contributed by atoms with Gasteiger partial charge in [-0.1, -0.05) is 0 Å². The number of pyridine rings is 1. The molecule has 7 nitrogen and oxygen atoms in total. The average molecular weight is 354 g/mol. The third-order valence-electron chi connectivity index (χ3n) is 5.13. The van der Waals surface area contributed by atoms with Crippen LogP contribution in [0.15, 0.2) is 30.6 Å². The molecule has 2 saturated heterocycles. The second kappa shape index (κ2) is 7.86. The second-order valence-electron chi connectivity index (χ2n) is 6.88. The van der Waals surface area contributed by atoms with E-state index >= 15 is 0 Å². The molecule has 2 aromatic rings. The molecule has 4 heterocycles. The zero-order valence-corrected chi connectivity index (χ0v) is 15.3. The number of hydrogen-bond acceptors (Lipinski definition) is 7. The molecule has 26 heavy (non-hydrogen) atoms. The molecule has 0 unspecified atom stereocenters. The molecule has 0 spiro atoms. The smallest absolute Gasteiger partial charge is 0.227 e. The largest absolute Gasteiger partial charge is 0.481 e. The van der Waals surface area contributed by atoms with Crippen molar-refractivity contribution in [3.63, 3.8) is 0 Å². The maximum Gasteiger partial charge on any atom is 0.227 e. The molecule has 0 N–H and O–H groups in total. The van der Waals surface area contributed by atoms with Gasteiger partial charge in [0, 0.05) is 64.3 Å². The first-order valence-corrected chi connectivity index (χ1v) is 9.36. The van der Waals surface area contributed by atoms with E-state index in [2.05, 4.69) is 30.7 Å². The van der Waals surface area contributed by atoms with Crippen molar-refractivity contribution in [3.05, 3.63) is 36.2 Å². The van der Waals surface area contributed by atoms with Gasteiger partial charge in [0.05, 0.1) is 7.11 Å². The van der Waals surface area contributed by atoms with Crippen LogP contribution in [0.2, 0.25) is 0 Å². The van der Waals surface area contributed by atoms with E-state index in [1.807, 2.05) is 24.5 Å². The predicted molar refractivity (Wildman–Crippen MR) is 102 cm³/mol. The van der Waals surface area contributed by atoms with Gasteiger partial charge >= 0.3 is 0 Å². The molecule has 0 aromatic carbocycles. The standard InChI is InChI=1S/C19H26N6O/c1-26-18-14-16(4-6-20-18)15-23-10-12-25(13-11-23)19-21-7-5-17(22-19)24-8-2-3-9-24/h4-7,14H,2-3,8-13,15H2,1H3. The highest BCUT2D eigenvalue weighted by atomic mass is 16.5. The van der Waals surface area contributed by atoms with Gasteiger partial charge in [-0.25, -0.2) is 9.97 Å². The quantitative estimate of drug-likeness (QED) is 0.811. The second-order valence-corrected chi connectivity index (χ2v) is 6.88. The summed E-state index contributed by atoms with van der Waals surface area (Å²) in [5.74, 6) is 2.60. The molecule has 0 amide bonds. The highest BCUT2D eigenvalue weighted by molar-refractivity contribution is 5.44. The number of ether oxygens (including phenoxy) is 1. The van der Waals surface area contributed by atoms with E-state index in [1.54, 1.807) is 7.11 Å². The van der Waals surface area contributed by atoms with Crippen molar-refractivity contribution in [1.29, 1.82) is 0 Å². The summed E-state index contributed by atoms with van der Waals surface area (Å²) in [6.07, 6.45) is 6.23. The third kappa shape index (κ3) is 3.88. The average Bonchev–Trinajstić information content (AvgIpc) is 3.24. The van der Waals surface area contributed by atoms with Gasteiger partial charge in [-0.3, -0.25) is 4.90 Å². The van der Waals surface area contributed by atoms with Gasteiger partial charge in [-0.05, 0) is 30.5 Å². The molecule has 2 aliphatic heterocycles. The van der Waals surface area contributed by atoms with Crippen LogP contribution >= 0.6 is 0 Å². The molecule has 0 aliphatic carbocycles. The minimum absolute atomic E-state index is 0.674. The Morgan fingerprint density at radius 1 is 0.923 bits per heavy atom. The third-order valence-corrected chi connectivity index (χ3v) is 5.13. The van der Waals surface area contributed by atoms with Crippen LogP contribution in [-0.4, -0.2) is 66.2 Å². The summed E-state index contributed by atoms with van der Waals surface area (Å²) in [5, 5.41) is 0. The number of rotatable bonds is 5. The molecular formula is C19H26N6O. The summed E-state index contributed by atoms with van der Waals surface area (Å²) >= 11 is 0. The van der Waals surface area contributed by atoms with Gasteiger partial charge in [-0.15, -0.1) is 0 Å². The lowest BCUT2D eigenvalue weighted by atomic mass is 10.2. The fraction of sp³-hybridized carbons (Fsp3) is 0.526. The minimum atomic E-state index is 0.674. The molecule has 2 aromatic heterocycles. The van der Waals surface area contributed by atoms with E-state index in [0.717, 1.165) is 57.6 Å². The summed E-state index contributed by atoms with van der Waals surface area (Å²) in [4.78, 5) is 20.6. The molecule has 2 fully saturated rings. The molecule has 0 radical (unpaired) electrons. The van der Waals surface area contributed by atoms with Gasteiger partial charge < -0.3 is 14.5 Å². The van der Waals surface area contributed by atoms with Crippen LogP contribution in [0.3, 0.4) is 0 Å². The maximum atomic E-state index is 5.21. The van der Waals surface area contributed by atoms with E-state index in [9.17, 15) is 0 Å². The SMILES string of the molecule is COc1cc(CN2CCN(c3nccc(N4CCCC4)n3)CC2)ccn1. The molecule has 7 heteroatoms. The van der Waals surface area contributed by atoms with Crippen LogP contribution in [0.1, 0.15) is 18.4 Å². The van der Waals surface area contributed by atoms with Gasteiger partial charge in [0.15, 0.2) is 0 Å². The van der Waals surface area contributed by atoms with Crippen molar-refractivity contribution in [2.75, 3.05) is 56.2 Å². The summed E-state index contributed by atoms with van der Waals surface area (Å²) in [6, 6.07) is 6.09. The Bertz CT molecular complexity index is 725. The Morgan fingerprint density at radius 2 is 1.69 bits per heavy atom. The zero-order chi connectivity index (χ0) is 17.8. The first-order chi connectivity index (χ1) is 12.8. The van der Waals surface area contributed by atoms with Crippen molar-refractivity contribution in [3.8, 4) is 5.88 Å². The topological polar surface area (TPSA) is 57.6 Å². The zero-order valence-electron chi connectivity index (χ0n) is 15.3. The monoisotopic (exact) mass is 354 g/mol. The summed E-state index contributed by atoms with van der Waals surface area (Å²) in [6.45, 7) is 7.04. The van der Waals surface area contributed by atoms with E-state index in [-0.39, 0.29) is 0 Å². The Balaban J connectivity index is 1.35. The maximum absolute atomic E-state index is 5.21. The lowest BCUT2D eigenvalue weighted by molar-refractivity contribution is 0.248. The molecule has 138 valence electrons. The predicted octanol–water partition coefficient (Wildman–Crippen LogP) is 1.80. The normalized spacial score (nSPS) is 18.3. The minimum Gasteiger partial charge on any atom is -0.481 e. The first-order valence-electron chi connectivity index (χ1n) is 9.36. The van der Waals surface area contributed by atoms with Gasteiger partial charge in [0.25, 0.3) is 0 Å². The number of methoxy groups -OCH3 is 1. The van der Waals surface area contributed by atoms with Crippen LogP contribution in [0.5, 0.6) is 5.88 Å². The van der Waals surface area contributed by atoms with Crippen LogP contribution in [0.25, 0.3) is 0 Å². The molecule has 2 aliphatic rings. The van der Waals surface area contributed by atoms with Crippen LogP contribution in [0.4, 0.5) is 11.8 Å². The van der Waals surface area contributed by atoms with Gasteiger partial charge in [0.1, 0.15) is 5.82 Å². The Labute approximate surface area is 154 Å². The number of nitrogens with zero attached hydrogens (tertiary/aromatic N) is 6. The number of aromatic nitrogens is 3. The molecule has 0 saturated carbocycles.